The summed E-state index contributed by atoms with van der Waals surface area (Å²) < 4.78 is 0. The number of anilines is 1. The van der Waals surface area contributed by atoms with Gasteiger partial charge in [0, 0.05) is 38.6 Å². The molecule has 0 spiro atoms. The molecule has 1 heterocycles. The van der Waals surface area contributed by atoms with Crippen molar-refractivity contribution < 1.29 is 21.1 Å². The predicted octanol–water partition coefficient (Wildman–Crippen LogP) is 3.03. The third-order valence-electron chi connectivity index (χ3n) is 1.80. The van der Waals surface area contributed by atoms with Crippen LogP contribution in [-0.4, -0.2) is 4.98 Å². The maximum absolute atomic E-state index is 5.77. The Kier molecular flexibility index (Phi) is 8.70. The van der Waals surface area contributed by atoms with Crippen molar-refractivity contribution in [1.29, 1.82) is 0 Å². The SMILES string of the molecule is Nc1cccnc1-c1[c-]cccc1.[CH3-].[CH3-].[Pt]. The van der Waals surface area contributed by atoms with Gasteiger partial charge in [-0.3, -0.25) is 0 Å². The Morgan fingerprint density at radius 3 is 2.38 bits per heavy atom. The van der Waals surface area contributed by atoms with Crippen LogP contribution in [0.25, 0.3) is 11.3 Å². The molecule has 0 radical (unpaired) electrons. The van der Waals surface area contributed by atoms with Crippen molar-refractivity contribution >= 4 is 5.69 Å². The zero-order valence-electron chi connectivity index (χ0n) is 9.38. The minimum absolute atomic E-state index is 0. The maximum Gasteiger partial charge on any atom is 0.0162 e. The summed E-state index contributed by atoms with van der Waals surface area (Å²) in [6.45, 7) is 0. The van der Waals surface area contributed by atoms with E-state index in [1.54, 1.807) is 6.20 Å². The Hall–Kier alpha value is -1.14. The van der Waals surface area contributed by atoms with Gasteiger partial charge in [0.15, 0.2) is 0 Å². The number of nitrogens with zero attached hydrogens (tertiary/aromatic N) is 1. The molecule has 0 amide bonds. The molecular weight excluding hydrogens is 379 g/mol. The first-order valence-corrected chi connectivity index (χ1v) is 4.05. The second-order valence-corrected chi connectivity index (χ2v) is 2.72. The number of hydrogen-bond donors (Lipinski definition) is 1. The molecule has 0 bridgehead atoms. The normalized spacial score (nSPS) is 8.00. The van der Waals surface area contributed by atoms with E-state index in [4.69, 9.17) is 5.73 Å². The van der Waals surface area contributed by atoms with Crippen LogP contribution in [0.4, 0.5) is 5.69 Å². The standard InChI is InChI=1S/C11H9N2.2CH3.Pt/c12-10-7-4-8-13-11(10)9-5-2-1-3-6-9;;;/h1-5,7-8H,12H2;2*1H3;/q3*-1;. The van der Waals surface area contributed by atoms with E-state index in [1.807, 2.05) is 36.4 Å². The number of aromatic nitrogens is 1. The van der Waals surface area contributed by atoms with E-state index in [0.717, 1.165) is 11.3 Å². The summed E-state index contributed by atoms with van der Waals surface area (Å²) >= 11 is 0. The van der Waals surface area contributed by atoms with E-state index in [0.29, 0.717) is 5.69 Å². The Morgan fingerprint density at radius 2 is 1.81 bits per heavy atom. The molecule has 0 aliphatic carbocycles. The fourth-order valence-corrected chi connectivity index (χ4v) is 1.18. The molecule has 2 N–H and O–H groups in total. The van der Waals surface area contributed by atoms with Gasteiger partial charge in [-0.05, 0) is 12.1 Å². The molecule has 0 saturated heterocycles. The van der Waals surface area contributed by atoms with Crippen LogP contribution in [0, 0.1) is 20.9 Å². The molecule has 0 atom stereocenters. The molecule has 2 nitrogen and oxygen atoms in total. The third kappa shape index (κ3) is 3.78. The van der Waals surface area contributed by atoms with Gasteiger partial charge in [0.1, 0.15) is 0 Å². The second-order valence-electron chi connectivity index (χ2n) is 2.72. The van der Waals surface area contributed by atoms with Gasteiger partial charge >= 0.3 is 0 Å². The second kappa shape index (κ2) is 8.06. The van der Waals surface area contributed by atoms with Gasteiger partial charge in [-0.15, -0.1) is 35.9 Å². The van der Waals surface area contributed by atoms with Gasteiger partial charge < -0.3 is 25.6 Å². The zero-order chi connectivity index (χ0) is 9.10. The molecule has 0 saturated carbocycles. The third-order valence-corrected chi connectivity index (χ3v) is 1.80. The Morgan fingerprint density at radius 1 is 1.06 bits per heavy atom. The molecular formula is C13H15N2Pt-3. The molecule has 0 unspecified atom stereocenters. The van der Waals surface area contributed by atoms with Crippen molar-refractivity contribution in [2.24, 2.45) is 0 Å². The van der Waals surface area contributed by atoms with Gasteiger partial charge in [0.2, 0.25) is 0 Å². The van der Waals surface area contributed by atoms with Crippen LogP contribution >= 0.6 is 0 Å². The molecule has 0 fully saturated rings. The molecule has 2 aromatic rings. The molecule has 0 aliphatic heterocycles. The van der Waals surface area contributed by atoms with E-state index in [-0.39, 0.29) is 35.9 Å². The van der Waals surface area contributed by atoms with Crippen molar-refractivity contribution in [2.45, 2.75) is 0 Å². The number of benzene rings is 1. The first-order valence-electron chi connectivity index (χ1n) is 4.05. The molecule has 2 rings (SSSR count). The smallest absolute Gasteiger partial charge is 0.0162 e. The predicted molar refractivity (Wildman–Crippen MR) is 65.7 cm³/mol. The number of nitrogens with two attached hydrogens (primary N) is 1. The van der Waals surface area contributed by atoms with Crippen LogP contribution < -0.4 is 5.73 Å². The summed E-state index contributed by atoms with van der Waals surface area (Å²) in [7, 11) is 0. The van der Waals surface area contributed by atoms with Crippen LogP contribution in [0.5, 0.6) is 0 Å². The molecule has 3 heteroatoms. The number of rotatable bonds is 1. The van der Waals surface area contributed by atoms with Crippen molar-refractivity contribution in [1.82, 2.24) is 4.98 Å². The molecule has 1 aromatic carbocycles. The minimum atomic E-state index is 0. The molecule has 16 heavy (non-hydrogen) atoms. The fraction of sp³-hybridized carbons (Fsp3) is 0. The Bertz CT molecular complexity index is 402. The van der Waals surface area contributed by atoms with Crippen molar-refractivity contribution in [3.63, 3.8) is 0 Å². The number of hydrogen-bond acceptors (Lipinski definition) is 2. The van der Waals surface area contributed by atoms with Crippen molar-refractivity contribution in [3.05, 3.63) is 63.5 Å². The van der Waals surface area contributed by atoms with E-state index < -0.39 is 0 Å². The topological polar surface area (TPSA) is 38.9 Å². The number of nitrogen functional groups attached to an aromatic ring is 1. The van der Waals surface area contributed by atoms with Gasteiger partial charge in [-0.1, -0.05) is 0 Å². The number of pyridine rings is 1. The zero-order valence-corrected chi connectivity index (χ0v) is 11.7. The van der Waals surface area contributed by atoms with Gasteiger partial charge in [0.25, 0.3) is 0 Å². The minimum Gasteiger partial charge on any atom is -0.405 e. The van der Waals surface area contributed by atoms with Crippen LogP contribution in [0.2, 0.25) is 0 Å². The van der Waals surface area contributed by atoms with Crippen LogP contribution in [-0.2, 0) is 21.1 Å². The summed E-state index contributed by atoms with van der Waals surface area (Å²) in [5, 5.41) is 0. The average Bonchev–Trinajstić information content (AvgIpc) is 2.20. The van der Waals surface area contributed by atoms with E-state index in [9.17, 15) is 0 Å². The largest absolute Gasteiger partial charge is 0.405 e. The van der Waals surface area contributed by atoms with E-state index in [2.05, 4.69) is 11.1 Å². The Labute approximate surface area is 112 Å². The summed E-state index contributed by atoms with van der Waals surface area (Å²) in [5.74, 6) is 0. The first-order chi connectivity index (χ1) is 6.38. The monoisotopic (exact) mass is 394 g/mol. The Balaban J connectivity index is 0. The van der Waals surface area contributed by atoms with Crippen LogP contribution in [0.1, 0.15) is 0 Å². The quantitative estimate of drug-likeness (QED) is 0.756. The summed E-state index contributed by atoms with van der Waals surface area (Å²) in [6.07, 6.45) is 1.73. The molecule has 90 valence electrons. The first kappa shape index (κ1) is 17.3. The average molecular weight is 394 g/mol. The summed E-state index contributed by atoms with van der Waals surface area (Å²) in [6, 6.07) is 14.4. The van der Waals surface area contributed by atoms with Crippen LogP contribution in [0.3, 0.4) is 0 Å². The molecule has 0 aliphatic rings. The van der Waals surface area contributed by atoms with Crippen LogP contribution in [0.15, 0.2) is 42.6 Å². The van der Waals surface area contributed by atoms with Gasteiger partial charge in [-0.2, -0.15) is 0 Å². The summed E-state index contributed by atoms with van der Waals surface area (Å²) in [5.41, 5.74) is 8.18. The van der Waals surface area contributed by atoms with Crippen molar-refractivity contribution in [3.8, 4) is 11.3 Å². The maximum atomic E-state index is 5.77. The van der Waals surface area contributed by atoms with Gasteiger partial charge in [0.05, 0.1) is 0 Å². The summed E-state index contributed by atoms with van der Waals surface area (Å²) in [4.78, 5) is 4.19. The van der Waals surface area contributed by atoms with E-state index in [1.165, 1.54) is 0 Å². The fourth-order valence-electron chi connectivity index (χ4n) is 1.18. The van der Waals surface area contributed by atoms with Gasteiger partial charge in [-0.25, -0.2) is 0 Å². The van der Waals surface area contributed by atoms with E-state index >= 15 is 0 Å². The van der Waals surface area contributed by atoms with Crippen molar-refractivity contribution in [2.75, 3.05) is 5.73 Å². The molecule has 1 aromatic heterocycles.